The van der Waals surface area contributed by atoms with Crippen LogP contribution in [0.5, 0.6) is 0 Å². The van der Waals surface area contributed by atoms with Gasteiger partial charge in [-0.1, -0.05) is 35.5 Å². The molecule has 2 aromatic carbocycles. The van der Waals surface area contributed by atoms with E-state index in [1.54, 1.807) is 30.3 Å². The van der Waals surface area contributed by atoms with E-state index >= 15 is 0 Å². The van der Waals surface area contributed by atoms with Crippen LogP contribution in [0.25, 0.3) is 0 Å². The van der Waals surface area contributed by atoms with Crippen molar-refractivity contribution in [1.82, 2.24) is 0 Å². The lowest BCUT2D eigenvalue weighted by Crippen LogP contribution is -2.23. The Morgan fingerprint density at radius 2 is 1.83 bits per heavy atom. The third kappa shape index (κ3) is 3.18. The Labute approximate surface area is 129 Å². The van der Waals surface area contributed by atoms with Crippen LogP contribution < -0.4 is 5.32 Å². The van der Waals surface area contributed by atoms with Gasteiger partial charge in [-0.15, -0.1) is 0 Å². The largest absolute Gasteiger partial charge is 0.416 e. The highest BCUT2D eigenvalue weighted by atomic mass is 19.4. The number of benzene rings is 2. The van der Waals surface area contributed by atoms with E-state index in [2.05, 4.69) is 10.5 Å². The van der Waals surface area contributed by atoms with E-state index in [1.165, 1.54) is 6.07 Å². The average molecular weight is 320 g/mol. The van der Waals surface area contributed by atoms with Crippen LogP contribution in [0.1, 0.15) is 16.7 Å². The van der Waals surface area contributed by atoms with E-state index < -0.39 is 17.6 Å². The summed E-state index contributed by atoms with van der Waals surface area (Å²) in [6, 6.07) is 11.8. The Morgan fingerprint density at radius 3 is 2.52 bits per heavy atom. The number of carbonyl (C=O) groups is 1. The zero-order chi connectivity index (χ0) is 16.4. The van der Waals surface area contributed by atoms with Gasteiger partial charge in [-0.25, -0.2) is 0 Å². The molecular formula is C16H11F3N2O2. The van der Waals surface area contributed by atoms with Crippen LogP contribution in [0.4, 0.5) is 18.9 Å². The van der Waals surface area contributed by atoms with Crippen molar-refractivity contribution in [3.63, 3.8) is 0 Å². The first-order valence-electron chi connectivity index (χ1n) is 6.72. The zero-order valence-corrected chi connectivity index (χ0v) is 11.7. The first kappa shape index (κ1) is 15.1. The second-order valence-electron chi connectivity index (χ2n) is 4.89. The Kier molecular flexibility index (Phi) is 3.77. The Hall–Kier alpha value is -2.83. The van der Waals surface area contributed by atoms with Gasteiger partial charge in [-0.3, -0.25) is 4.79 Å². The third-order valence-electron chi connectivity index (χ3n) is 3.27. The van der Waals surface area contributed by atoms with Gasteiger partial charge in [0.2, 0.25) is 0 Å². The van der Waals surface area contributed by atoms with Crippen LogP contribution in [0.2, 0.25) is 0 Å². The van der Waals surface area contributed by atoms with Gasteiger partial charge in [0, 0.05) is 11.1 Å². The number of amides is 1. The summed E-state index contributed by atoms with van der Waals surface area (Å²) in [5.74, 6) is -0.484. The van der Waals surface area contributed by atoms with E-state index in [-0.39, 0.29) is 23.6 Å². The van der Waals surface area contributed by atoms with Crippen LogP contribution in [0.3, 0.4) is 0 Å². The summed E-state index contributed by atoms with van der Waals surface area (Å²) < 4.78 is 39.0. The van der Waals surface area contributed by atoms with E-state index in [4.69, 9.17) is 4.84 Å². The van der Waals surface area contributed by atoms with Gasteiger partial charge in [0.15, 0.2) is 6.61 Å². The fraction of sp³-hybridized carbons (Fsp3) is 0.125. The summed E-state index contributed by atoms with van der Waals surface area (Å²) in [5, 5.41) is 6.39. The number of nitrogens with zero attached hydrogens (tertiary/aromatic N) is 1. The van der Waals surface area contributed by atoms with Gasteiger partial charge in [0.25, 0.3) is 5.91 Å². The molecule has 4 nitrogen and oxygen atoms in total. The summed E-state index contributed by atoms with van der Waals surface area (Å²) in [4.78, 5) is 16.5. The number of anilines is 1. The molecule has 1 aliphatic rings. The molecule has 0 radical (unpaired) electrons. The van der Waals surface area contributed by atoms with Gasteiger partial charge in [-0.05, 0) is 18.2 Å². The van der Waals surface area contributed by atoms with E-state index in [9.17, 15) is 18.0 Å². The van der Waals surface area contributed by atoms with Gasteiger partial charge in [-0.2, -0.15) is 13.2 Å². The molecule has 0 saturated heterocycles. The van der Waals surface area contributed by atoms with Gasteiger partial charge in [0.05, 0.1) is 11.3 Å². The van der Waals surface area contributed by atoms with E-state index in [0.29, 0.717) is 5.56 Å². The van der Waals surface area contributed by atoms with Crippen molar-refractivity contribution < 1.29 is 22.8 Å². The third-order valence-corrected chi connectivity index (χ3v) is 3.27. The Bertz CT molecular complexity index is 771. The maximum Gasteiger partial charge on any atom is 0.416 e. The summed E-state index contributed by atoms with van der Waals surface area (Å²) in [6.45, 7) is -0.309. The standard InChI is InChI=1S/C16H11F3N2O2/c17-16(18,19)11-6-7-13-12(8-11)15(10-4-2-1-3-5-10)21-23-9-14(22)20-13/h1-8H,9H2,(H,20,22). The number of fused-ring (bicyclic) bond motifs is 1. The highest BCUT2D eigenvalue weighted by Crippen LogP contribution is 2.33. The predicted molar refractivity (Wildman–Crippen MR) is 78.1 cm³/mol. The Balaban J connectivity index is 2.19. The molecule has 2 aromatic rings. The van der Waals surface area contributed by atoms with Crippen molar-refractivity contribution in [3.05, 3.63) is 65.2 Å². The lowest BCUT2D eigenvalue weighted by Gasteiger charge is -2.18. The molecule has 23 heavy (non-hydrogen) atoms. The predicted octanol–water partition coefficient (Wildman–Crippen LogP) is 3.43. The summed E-state index contributed by atoms with van der Waals surface area (Å²) in [5.41, 5.74) is 0.401. The zero-order valence-electron chi connectivity index (χ0n) is 11.7. The lowest BCUT2D eigenvalue weighted by molar-refractivity contribution is -0.137. The molecule has 0 atom stereocenters. The maximum absolute atomic E-state index is 13.0. The van der Waals surface area contributed by atoms with E-state index in [1.807, 2.05) is 0 Å². The highest BCUT2D eigenvalue weighted by molar-refractivity contribution is 6.17. The SMILES string of the molecule is O=C1CON=C(c2ccccc2)c2cc(C(F)(F)F)ccc2N1. The lowest BCUT2D eigenvalue weighted by atomic mass is 9.98. The number of hydrogen-bond donors (Lipinski definition) is 1. The van der Waals surface area contributed by atoms with Crippen molar-refractivity contribution >= 4 is 17.3 Å². The second-order valence-corrected chi connectivity index (χ2v) is 4.89. The Morgan fingerprint density at radius 1 is 1.09 bits per heavy atom. The van der Waals surface area contributed by atoms with Crippen molar-refractivity contribution in [2.24, 2.45) is 5.16 Å². The van der Waals surface area contributed by atoms with Crippen LogP contribution in [0, 0.1) is 0 Å². The molecule has 0 bridgehead atoms. The summed E-state index contributed by atoms with van der Waals surface area (Å²) in [6.07, 6.45) is -4.50. The molecule has 1 N–H and O–H groups in total. The molecule has 118 valence electrons. The van der Waals surface area contributed by atoms with E-state index in [0.717, 1.165) is 12.1 Å². The minimum absolute atomic E-state index is 0.152. The number of hydrogen-bond acceptors (Lipinski definition) is 3. The topological polar surface area (TPSA) is 50.7 Å². The van der Waals surface area contributed by atoms with Crippen molar-refractivity contribution in [2.75, 3.05) is 11.9 Å². The van der Waals surface area contributed by atoms with Crippen molar-refractivity contribution in [3.8, 4) is 0 Å². The van der Waals surface area contributed by atoms with Crippen LogP contribution in [-0.4, -0.2) is 18.2 Å². The molecular weight excluding hydrogens is 309 g/mol. The number of carbonyl (C=O) groups excluding carboxylic acids is 1. The number of alkyl halides is 3. The summed E-state index contributed by atoms with van der Waals surface area (Å²) >= 11 is 0. The number of nitrogens with one attached hydrogen (secondary N) is 1. The first-order chi connectivity index (χ1) is 10.9. The normalized spacial score (nSPS) is 14.7. The smallest absolute Gasteiger partial charge is 0.385 e. The highest BCUT2D eigenvalue weighted by Gasteiger charge is 2.32. The fourth-order valence-electron chi connectivity index (χ4n) is 2.22. The number of rotatable bonds is 1. The van der Waals surface area contributed by atoms with Crippen LogP contribution in [0.15, 0.2) is 53.7 Å². The first-order valence-corrected chi connectivity index (χ1v) is 6.72. The molecule has 3 rings (SSSR count). The van der Waals surface area contributed by atoms with Crippen LogP contribution in [-0.2, 0) is 15.8 Å². The molecule has 0 aromatic heterocycles. The fourth-order valence-corrected chi connectivity index (χ4v) is 2.22. The molecule has 7 heteroatoms. The number of halogens is 3. The average Bonchev–Trinajstić information content (AvgIpc) is 2.50. The van der Waals surface area contributed by atoms with Gasteiger partial charge >= 0.3 is 6.18 Å². The van der Waals surface area contributed by atoms with Crippen LogP contribution >= 0.6 is 0 Å². The monoisotopic (exact) mass is 320 g/mol. The molecule has 1 amide bonds. The molecule has 0 spiro atoms. The molecule has 0 unspecified atom stereocenters. The molecule has 1 heterocycles. The van der Waals surface area contributed by atoms with Crippen molar-refractivity contribution in [2.45, 2.75) is 6.18 Å². The minimum Gasteiger partial charge on any atom is -0.385 e. The molecule has 0 aliphatic carbocycles. The second kappa shape index (κ2) is 5.75. The molecule has 0 fully saturated rings. The maximum atomic E-state index is 13.0. The quantitative estimate of drug-likeness (QED) is 0.875. The molecule has 0 saturated carbocycles. The molecule has 1 aliphatic heterocycles. The van der Waals surface area contributed by atoms with Gasteiger partial charge in [0.1, 0.15) is 5.71 Å². The minimum atomic E-state index is -4.50. The van der Waals surface area contributed by atoms with Gasteiger partial charge < -0.3 is 10.2 Å². The summed E-state index contributed by atoms with van der Waals surface area (Å²) in [7, 11) is 0. The van der Waals surface area contributed by atoms with Crippen molar-refractivity contribution in [1.29, 1.82) is 0 Å². The number of oxime groups is 1.